The van der Waals surface area contributed by atoms with E-state index < -0.39 is 16.6 Å². The van der Waals surface area contributed by atoms with E-state index in [4.69, 9.17) is 4.12 Å². The number of hydrogen-bond donors (Lipinski definition) is 0. The Bertz CT molecular complexity index is 395. The molecule has 0 N–H and O–H groups in total. The van der Waals surface area contributed by atoms with Gasteiger partial charge in [0.25, 0.3) is 0 Å². The van der Waals surface area contributed by atoms with E-state index in [9.17, 15) is 0 Å². The highest BCUT2D eigenvalue weighted by Crippen LogP contribution is 2.26. The molecule has 0 bridgehead atoms. The lowest BCUT2D eigenvalue weighted by Crippen LogP contribution is -2.44. The molecule has 0 fully saturated rings. The summed E-state index contributed by atoms with van der Waals surface area (Å²) in [5.41, 5.74) is 0. The Hall–Kier alpha value is 1.35. The Morgan fingerprint density at radius 1 is 0.343 bits per heavy atom. The molecule has 0 aromatic heterocycles. The van der Waals surface area contributed by atoms with Gasteiger partial charge in [0.1, 0.15) is 0 Å². The van der Waals surface area contributed by atoms with Crippen LogP contribution in [0.15, 0.2) is 0 Å². The third kappa shape index (κ3) is 28.2. The van der Waals surface area contributed by atoms with Gasteiger partial charge in [-0.2, -0.15) is 0 Å². The standard InChI is InChI=1S/C30H64Br2OSi2/c1-34(2,29-25-21-17-13-9-5-7-11-15-19-23-27-31)33-35(3,4)30-26-22-18-14-10-6-8-12-16-20-24-28-32/h5-30H2,1-4H3. The third-order valence-corrected chi connectivity index (χ3v) is 16.0. The van der Waals surface area contributed by atoms with Crippen molar-refractivity contribution >= 4 is 48.5 Å². The summed E-state index contributed by atoms with van der Waals surface area (Å²) in [5, 5.41) is 2.35. The highest BCUT2D eigenvalue weighted by molar-refractivity contribution is 9.09. The molecule has 0 unspecified atom stereocenters. The molecule has 0 radical (unpaired) electrons. The first kappa shape index (κ1) is 36.4. The quantitative estimate of drug-likeness (QED) is 0.0463. The Morgan fingerprint density at radius 2 is 0.543 bits per heavy atom. The zero-order valence-corrected chi connectivity index (χ0v) is 29.7. The molecule has 0 aliphatic rings. The van der Waals surface area contributed by atoms with Crippen LogP contribution in [0.25, 0.3) is 0 Å². The third-order valence-electron chi connectivity index (χ3n) is 7.38. The molecule has 0 amide bonds. The molecule has 0 saturated heterocycles. The molecule has 212 valence electrons. The Morgan fingerprint density at radius 3 is 0.771 bits per heavy atom. The van der Waals surface area contributed by atoms with Crippen LogP contribution in [-0.2, 0) is 4.12 Å². The maximum absolute atomic E-state index is 6.90. The van der Waals surface area contributed by atoms with Gasteiger partial charge < -0.3 is 4.12 Å². The van der Waals surface area contributed by atoms with Gasteiger partial charge in [-0.25, -0.2) is 0 Å². The van der Waals surface area contributed by atoms with Gasteiger partial charge in [-0.3, -0.25) is 0 Å². The molecule has 1 nitrogen and oxygen atoms in total. The minimum Gasteiger partial charge on any atom is -0.455 e. The van der Waals surface area contributed by atoms with E-state index in [-0.39, 0.29) is 0 Å². The van der Waals surface area contributed by atoms with Crippen molar-refractivity contribution in [2.24, 2.45) is 0 Å². The second kappa shape index (κ2) is 25.6. The maximum Gasteiger partial charge on any atom is 0.173 e. The molecule has 5 heteroatoms. The number of unbranched alkanes of at least 4 members (excludes halogenated alkanes) is 20. The Kier molecular flexibility index (Phi) is 26.6. The Balaban J connectivity index is 3.60. The second-order valence-corrected chi connectivity index (χ2v) is 22.7. The van der Waals surface area contributed by atoms with Crippen LogP contribution in [0.1, 0.15) is 141 Å². The monoisotopic (exact) mass is 654 g/mol. The van der Waals surface area contributed by atoms with Gasteiger partial charge in [0.05, 0.1) is 0 Å². The fourth-order valence-electron chi connectivity index (χ4n) is 5.32. The van der Waals surface area contributed by atoms with Crippen LogP contribution in [0, 0.1) is 0 Å². The summed E-state index contributed by atoms with van der Waals surface area (Å²) in [4.78, 5) is 0. The molecule has 35 heavy (non-hydrogen) atoms. The summed E-state index contributed by atoms with van der Waals surface area (Å²) in [6, 6.07) is 2.74. The molecule has 0 atom stereocenters. The van der Waals surface area contributed by atoms with Crippen LogP contribution >= 0.6 is 31.9 Å². The molecule has 0 rings (SSSR count). The maximum atomic E-state index is 6.90. The highest BCUT2D eigenvalue weighted by atomic mass is 79.9. The van der Waals surface area contributed by atoms with Gasteiger partial charge in [-0.15, -0.1) is 0 Å². The minimum atomic E-state index is -1.48. The van der Waals surface area contributed by atoms with E-state index >= 15 is 0 Å². The van der Waals surface area contributed by atoms with Crippen molar-refractivity contribution in [1.82, 2.24) is 0 Å². The van der Waals surface area contributed by atoms with E-state index in [1.165, 1.54) is 164 Å². The summed E-state index contributed by atoms with van der Waals surface area (Å²) in [6.45, 7) is 9.93. The van der Waals surface area contributed by atoms with Crippen LogP contribution in [-0.4, -0.2) is 27.3 Å². The largest absolute Gasteiger partial charge is 0.455 e. The van der Waals surface area contributed by atoms with Gasteiger partial charge in [0, 0.05) is 10.7 Å². The highest BCUT2D eigenvalue weighted by Gasteiger charge is 2.32. The topological polar surface area (TPSA) is 9.23 Å². The summed E-state index contributed by atoms with van der Waals surface area (Å²) < 4.78 is 6.90. The molecule has 0 heterocycles. The van der Waals surface area contributed by atoms with Gasteiger partial charge in [-0.05, 0) is 51.1 Å². The molecule has 0 spiro atoms. The smallest absolute Gasteiger partial charge is 0.173 e. The van der Waals surface area contributed by atoms with Crippen molar-refractivity contribution in [3.63, 3.8) is 0 Å². The molecule has 0 aliphatic heterocycles. The first-order valence-corrected chi connectivity index (χ1v) is 24.1. The van der Waals surface area contributed by atoms with Gasteiger partial charge in [0.15, 0.2) is 16.6 Å². The van der Waals surface area contributed by atoms with Crippen molar-refractivity contribution in [3.8, 4) is 0 Å². The van der Waals surface area contributed by atoms with Crippen molar-refractivity contribution in [3.05, 3.63) is 0 Å². The van der Waals surface area contributed by atoms with Gasteiger partial charge >= 0.3 is 0 Å². The number of halogens is 2. The van der Waals surface area contributed by atoms with E-state index in [1.54, 1.807) is 0 Å². The predicted octanol–water partition coefficient (Wildman–Crippen LogP) is 12.8. The average molecular weight is 657 g/mol. The molecule has 0 aliphatic carbocycles. The minimum absolute atomic E-state index is 1.18. The van der Waals surface area contributed by atoms with Crippen LogP contribution in [0.4, 0.5) is 0 Å². The second-order valence-electron chi connectivity index (χ2n) is 12.3. The summed E-state index contributed by atoms with van der Waals surface area (Å²) in [6.07, 6.45) is 31.4. The summed E-state index contributed by atoms with van der Waals surface area (Å²) >= 11 is 7.05. The van der Waals surface area contributed by atoms with Gasteiger partial charge in [0.2, 0.25) is 0 Å². The van der Waals surface area contributed by atoms with Gasteiger partial charge in [-0.1, -0.05) is 160 Å². The molecule has 0 aromatic carbocycles. The fraction of sp³-hybridized carbons (Fsp3) is 1.00. The zero-order valence-electron chi connectivity index (χ0n) is 24.5. The summed E-state index contributed by atoms with van der Waals surface area (Å²) in [7, 11) is -2.97. The van der Waals surface area contributed by atoms with Crippen LogP contribution in [0.3, 0.4) is 0 Å². The van der Waals surface area contributed by atoms with E-state index in [0.29, 0.717) is 0 Å². The lowest BCUT2D eigenvalue weighted by Gasteiger charge is -2.34. The number of alkyl halides is 2. The molecular weight excluding hydrogens is 592 g/mol. The average Bonchev–Trinajstić information content (AvgIpc) is 2.79. The van der Waals surface area contributed by atoms with Crippen LogP contribution in [0.2, 0.25) is 38.3 Å². The summed E-state index contributed by atoms with van der Waals surface area (Å²) in [5.74, 6) is 0. The van der Waals surface area contributed by atoms with E-state index in [1.807, 2.05) is 0 Å². The normalized spacial score (nSPS) is 12.5. The SMILES string of the molecule is C[Si](C)(CCCCCCCCCCCCCBr)O[Si](C)(C)CCCCCCCCCCCCCBr. The zero-order chi connectivity index (χ0) is 26.1. The van der Waals surface area contributed by atoms with E-state index in [2.05, 4.69) is 58.0 Å². The van der Waals surface area contributed by atoms with E-state index in [0.717, 1.165) is 0 Å². The predicted molar refractivity (Wildman–Crippen MR) is 175 cm³/mol. The molecule has 0 saturated carbocycles. The van der Waals surface area contributed by atoms with Crippen LogP contribution in [0.5, 0.6) is 0 Å². The van der Waals surface area contributed by atoms with Crippen molar-refractivity contribution < 1.29 is 4.12 Å². The first-order valence-electron chi connectivity index (χ1n) is 15.6. The first-order chi connectivity index (χ1) is 16.8. The number of rotatable bonds is 28. The van der Waals surface area contributed by atoms with Crippen molar-refractivity contribution in [1.29, 1.82) is 0 Å². The fourth-order valence-corrected chi connectivity index (χ4v) is 15.1. The van der Waals surface area contributed by atoms with Crippen molar-refractivity contribution in [2.45, 2.75) is 180 Å². The lowest BCUT2D eigenvalue weighted by atomic mass is 10.1. The molecular formula is C30H64Br2OSi2. The lowest BCUT2D eigenvalue weighted by molar-refractivity contribution is 0.515. The number of hydrogen-bond acceptors (Lipinski definition) is 1. The Labute approximate surface area is 241 Å². The van der Waals surface area contributed by atoms with Crippen LogP contribution < -0.4 is 0 Å². The van der Waals surface area contributed by atoms with Crippen molar-refractivity contribution in [2.75, 3.05) is 10.7 Å². The molecule has 0 aromatic rings.